The van der Waals surface area contributed by atoms with Crippen molar-refractivity contribution >= 4 is 17.5 Å². The second-order valence-corrected chi connectivity index (χ2v) is 7.38. The van der Waals surface area contributed by atoms with Crippen LogP contribution in [0, 0.1) is 0 Å². The lowest BCUT2D eigenvalue weighted by Gasteiger charge is -2.19. The number of carbonyl (C=O) groups is 1. The lowest BCUT2D eigenvalue weighted by Crippen LogP contribution is -2.22. The van der Waals surface area contributed by atoms with Crippen LogP contribution in [0.2, 0.25) is 0 Å². The van der Waals surface area contributed by atoms with E-state index in [1.54, 1.807) is 6.07 Å². The maximum atomic E-state index is 12.2. The smallest absolute Gasteiger partial charge is 0.246 e. The molecule has 0 aliphatic heterocycles. The van der Waals surface area contributed by atoms with Crippen molar-refractivity contribution in [2.24, 2.45) is 0 Å². The fraction of sp³-hybridized carbons (Fsp3) is 0.474. The van der Waals surface area contributed by atoms with E-state index in [0.29, 0.717) is 5.88 Å². The number of benzene rings is 1. The summed E-state index contributed by atoms with van der Waals surface area (Å²) >= 11 is 0. The molecule has 128 valence electrons. The Kier molecular flexibility index (Phi) is 4.60. The van der Waals surface area contributed by atoms with Crippen LogP contribution < -0.4 is 10.6 Å². The van der Waals surface area contributed by atoms with Crippen LogP contribution in [0.4, 0.5) is 11.6 Å². The Morgan fingerprint density at radius 3 is 2.79 bits per heavy atom. The molecule has 0 bridgehead atoms. The summed E-state index contributed by atoms with van der Waals surface area (Å²) in [4.78, 5) is 12.2. The van der Waals surface area contributed by atoms with Gasteiger partial charge >= 0.3 is 0 Å². The van der Waals surface area contributed by atoms with Crippen molar-refractivity contribution in [3.05, 3.63) is 41.1 Å². The summed E-state index contributed by atoms with van der Waals surface area (Å²) in [5.74, 6) is 0.252. The highest BCUT2D eigenvalue weighted by molar-refractivity contribution is 5.92. The molecule has 2 aromatic rings. The lowest BCUT2D eigenvalue weighted by molar-refractivity contribution is -0.114. The minimum Gasteiger partial charge on any atom is -0.376 e. The summed E-state index contributed by atoms with van der Waals surface area (Å²) in [6, 6.07) is 8.06. The average Bonchev–Trinajstić information content (AvgIpc) is 3.01. The molecule has 1 aliphatic carbocycles. The van der Waals surface area contributed by atoms with Crippen molar-refractivity contribution in [3.8, 4) is 0 Å². The predicted octanol–water partition coefficient (Wildman–Crippen LogP) is 3.90. The third-order valence-electron chi connectivity index (χ3n) is 4.38. The van der Waals surface area contributed by atoms with Gasteiger partial charge in [0.25, 0.3) is 0 Å². The molecular formula is C19H25N3O2. The van der Waals surface area contributed by atoms with E-state index in [1.807, 2.05) is 6.07 Å². The highest BCUT2D eigenvalue weighted by atomic mass is 16.5. The Bertz CT molecular complexity index is 728. The minimum atomic E-state index is -0.139. The van der Waals surface area contributed by atoms with Gasteiger partial charge in [-0.2, -0.15) is 0 Å². The van der Waals surface area contributed by atoms with Crippen molar-refractivity contribution in [2.45, 2.75) is 51.9 Å². The molecule has 3 rings (SSSR count). The van der Waals surface area contributed by atoms with Crippen LogP contribution in [0.1, 0.15) is 50.4 Å². The standard InChI is InChI=1S/C19H25N3O2/c1-19(2,3)16-11-18(24-22-16)21-17(23)12-20-15-10-6-8-13-7-4-5-9-14(13)15/h6,8,10-11,20H,4-5,7,9,12H2,1-3H3,(H,21,23). The normalized spacial score (nSPS) is 14.1. The number of nitrogens with one attached hydrogen (secondary N) is 2. The van der Waals surface area contributed by atoms with Gasteiger partial charge in [-0.1, -0.05) is 38.1 Å². The number of fused-ring (bicyclic) bond motifs is 1. The van der Waals surface area contributed by atoms with Crippen molar-refractivity contribution in [1.82, 2.24) is 5.16 Å². The van der Waals surface area contributed by atoms with Crippen LogP contribution in [0.3, 0.4) is 0 Å². The Balaban J connectivity index is 1.59. The van der Waals surface area contributed by atoms with E-state index in [-0.39, 0.29) is 17.9 Å². The molecule has 1 aromatic heterocycles. The average molecular weight is 327 g/mol. The van der Waals surface area contributed by atoms with Gasteiger partial charge in [-0.25, -0.2) is 0 Å². The molecule has 0 radical (unpaired) electrons. The highest BCUT2D eigenvalue weighted by Gasteiger charge is 2.20. The molecule has 5 nitrogen and oxygen atoms in total. The second kappa shape index (κ2) is 6.67. The highest BCUT2D eigenvalue weighted by Crippen LogP contribution is 2.28. The van der Waals surface area contributed by atoms with E-state index in [4.69, 9.17) is 4.52 Å². The zero-order valence-electron chi connectivity index (χ0n) is 14.6. The summed E-state index contributed by atoms with van der Waals surface area (Å²) in [5.41, 5.74) is 4.54. The summed E-state index contributed by atoms with van der Waals surface area (Å²) in [7, 11) is 0. The predicted molar refractivity (Wildman–Crippen MR) is 95.4 cm³/mol. The molecule has 5 heteroatoms. The number of rotatable bonds is 4. The summed E-state index contributed by atoms with van der Waals surface area (Å²) < 4.78 is 5.19. The third kappa shape index (κ3) is 3.78. The van der Waals surface area contributed by atoms with Gasteiger partial charge in [0.15, 0.2) is 0 Å². The van der Waals surface area contributed by atoms with Gasteiger partial charge in [-0.05, 0) is 42.9 Å². The third-order valence-corrected chi connectivity index (χ3v) is 4.38. The zero-order chi connectivity index (χ0) is 17.2. The van der Waals surface area contributed by atoms with Crippen molar-refractivity contribution < 1.29 is 9.32 Å². The summed E-state index contributed by atoms with van der Waals surface area (Å²) in [6.45, 7) is 6.37. The molecule has 0 fully saturated rings. The maximum absolute atomic E-state index is 12.2. The first-order valence-corrected chi connectivity index (χ1v) is 8.55. The van der Waals surface area contributed by atoms with Gasteiger partial charge in [0.05, 0.1) is 12.2 Å². The largest absolute Gasteiger partial charge is 0.376 e. The zero-order valence-corrected chi connectivity index (χ0v) is 14.6. The monoisotopic (exact) mass is 327 g/mol. The Morgan fingerprint density at radius 1 is 1.25 bits per heavy atom. The van der Waals surface area contributed by atoms with Crippen LogP contribution in [0.5, 0.6) is 0 Å². The number of hydrogen-bond donors (Lipinski definition) is 2. The van der Waals surface area contributed by atoms with Crippen molar-refractivity contribution in [3.63, 3.8) is 0 Å². The lowest BCUT2D eigenvalue weighted by atomic mass is 9.90. The molecular weight excluding hydrogens is 302 g/mol. The quantitative estimate of drug-likeness (QED) is 0.893. The maximum Gasteiger partial charge on any atom is 0.246 e. The van der Waals surface area contributed by atoms with Gasteiger partial charge in [-0.3, -0.25) is 10.1 Å². The molecule has 1 amide bonds. The number of aryl methyl sites for hydroxylation is 1. The van der Waals surface area contributed by atoms with Crippen molar-refractivity contribution in [2.75, 3.05) is 17.2 Å². The number of anilines is 2. The van der Waals surface area contributed by atoms with Gasteiger partial charge in [-0.15, -0.1) is 0 Å². The van der Waals surface area contributed by atoms with Gasteiger partial charge in [0.2, 0.25) is 11.8 Å². The van der Waals surface area contributed by atoms with Crippen LogP contribution in [0.15, 0.2) is 28.8 Å². The topological polar surface area (TPSA) is 67.2 Å². The van der Waals surface area contributed by atoms with Crippen LogP contribution >= 0.6 is 0 Å². The van der Waals surface area contributed by atoms with Crippen LogP contribution in [0.25, 0.3) is 0 Å². The Labute approximate surface area is 142 Å². The molecule has 0 atom stereocenters. The van der Waals surface area contributed by atoms with E-state index in [9.17, 15) is 4.79 Å². The summed E-state index contributed by atoms with van der Waals surface area (Å²) in [5, 5.41) is 10.0. The molecule has 0 unspecified atom stereocenters. The Hall–Kier alpha value is -2.30. The van der Waals surface area contributed by atoms with E-state index >= 15 is 0 Å². The number of amides is 1. The minimum absolute atomic E-state index is 0.103. The number of aromatic nitrogens is 1. The van der Waals surface area contributed by atoms with Gasteiger partial charge in [0.1, 0.15) is 0 Å². The fourth-order valence-electron chi connectivity index (χ4n) is 2.99. The molecule has 1 aliphatic rings. The second-order valence-electron chi connectivity index (χ2n) is 7.38. The first-order valence-electron chi connectivity index (χ1n) is 8.55. The SMILES string of the molecule is CC(C)(C)c1cc(NC(=O)CNc2cccc3c2CCCC3)on1. The first kappa shape index (κ1) is 16.6. The number of nitrogens with zero attached hydrogens (tertiary/aromatic N) is 1. The van der Waals surface area contributed by atoms with E-state index in [2.05, 4.69) is 48.7 Å². The van der Waals surface area contributed by atoms with Crippen LogP contribution in [-0.4, -0.2) is 17.6 Å². The number of carbonyl (C=O) groups excluding carboxylic acids is 1. The molecule has 1 heterocycles. The van der Waals surface area contributed by atoms with Gasteiger partial charge < -0.3 is 9.84 Å². The van der Waals surface area contributed by atoms with Gasteiger partial charge in [0, 0.05) is 17.2 Å². The van der Waals surface area contributed by atoms with Crippen LogP contribution in [-0.2, 0) is 23.1 Å². The Morgan fingerprint density at radius 2 is 2.04 bits per heavy atom. The van der Waals surface area contributed by atoms with E-state index in [0.717, 1.165) is 24.2 Å². The van der Waals surface area contributed by atoms with Crippen molar-refractivity contribution in [1.29, 1.82) is 0 Å². The molecule has 2 N–H and O–H groups in total. The molecule has 0 spiro atoms. The fourth-order valence-corrected chi connectivity index (χ4v) is 2.99. The molecule has 24 heavy (non-hydrogen) atoms. The van der Waals surface area contributed by atoms with E-state index < -0.39 is 0 Å². The van der Waals surface area contributed by atoms with E-state index in [1.165, 1.54) is 24.0 Å². The summed E-state index contributed by atoms with van der Waals surface area (Å²) in [6.07, 6.45) is 4.67. The molecule has 1 aromatic carbocycles. The molecule has 0 saturated heterocycles. The molecule has 0 saturated carbocycles. The number of hydrogen-bond acceptors (Lipinski definition) is 4. The first-order chi connectivity index (χ1) is 11.4.